The van der Waals surface area contributed by atoms with Crippen LogP contribution < -0.4 is 0 Å². The lowest BCUT2D eigenvalue weighted by atomic mass is 10.1. The number of nitrogens with zero attached hydrogens (tertiary/aromatic N) is 1. The number of rotatable bonds is 6. The van der Waals surface area contributed by atoms with E-state index in [1.54, 1.807) is 63.2 Å². The van der Waals surface area contributed by atoms with Gasteiger partial charge < -0.3 is 13.9 Å². The maximum absolute atomic E-state index is 11.9. The summed E-state index contributed by atoms with van der Waals surface area (Å²) in [6.45, 7) is 5.43. The summed E-state index contributed by atoms with van der Waals surface area (Å²) in [6.07, 6.45) is 1.14. The number of hydrogen-bond donors (Lipinski definition) is 0. The van der Waals surface area contributed by atoms with Crippen LogP contribution in [0, 0.1) is 11.3 Å². The Morgan fingerprint density at radius 1 is 1.19 bits per heavy atom. The number of nitriles is 1. The minimum absolute atomic E-state index is 0.139. The van der Waals surface area contributed by atoms with Gasteiger partial charge in [0.05, 0.1) is 18.3 Å². The summed E-state index contributed by atoms with van der Waals surface area (Å²) >= 11 is 0. The van der Waals surface area contributed by atoms with Crippen LogP contribution in [0.2, 0.25) is 0 Å². The number of carbonyl (C=O) groups excluding carboxylic acids is 2. The first-order valence-electron chi connectivity index (χ1n) is 8.14. The minimum atomic E-state index is -0.694. The van der Waals surface area contributed by atoms with Gasteiger partial charge in [-0.15, -0.1) is 0 Å². The van der Waals surface area contributed by atoms with Crippen LogP contribution in [-0.2, 0) is 14.3 Å². The average molecular weight is 353 g/mol. The molecular weight excluding hydrogens is 334 g/mol. The van der Waals surface area contributed by atoms with Gasteiger partial charge in [0.25, 0.3) is 0 Å². The predicted octanol–water partition coefficient (Wildman–Crippen LogP) is 3.98. The molecule has 0 amide bonds. The van der Waals surface area contributed by atoms with E-state index in [0.29, 0.717) is 17.1 Å². The summed E-state index contributed by atoms with van der Waals surface area (Å²) in [5.41, 5.74) is 1.06. The van der Waals surface area contributed by atoms with Gasteiger partial charge >= 0.3 is 11.9 Å². The summed E-state index contributed by atoms with van der Waals surface area (Å²) in [5.74, 6) is -0.183. The molecule has 0 N–H and O–H groups in total. The topological polar surface area (TPSA) is 89.5 Å². The van der Waals surface area contributed by atoms with Crippen molar-refractivity contribution in [3.05, 3.63) is 53.3 Å². The Kier molecular flexibility index (Phi) is 6.34. The van der Waals surface area contributed by atoms with Crippen LogP contribution in [0.1, 0.15) is 36.9 Å². The molecule has 0 radical (unpaired) electrons. The van der Waals surface area contributed by atoms with Gasteiger partial charge in [-0.2, -0.15) is 5.26 Å². The molecule has 2 aromatic rings. The van der Waals surface area contributed by atoms with Crippen LogP contribution in [-0.4, -0.2) is 24.6 Å². The van der Waals surface area contributed by atoms with Crippen molar-refractivity contribution >= 4 is 18.0 Å². The van der Waals surface area contributed by atoms with E-state index in [9.17, 15) is 9.59 Å². The fourth-order valence-electron chi connectivity index (χ4n) is 2.13. The normalized spacial score (nSPS) is 11.1. The fraction of sp³-hybridized carbons (Fsp3) is 0.250. The van der Waals surface area contributed by atoms with Crippen molar-refractivity contribution in [2.24, 2.45) is 0 Å². The van der Waals surface area contributed by atoms with E-state index in [0.717, 1.165) is 5.56 Å². The molecule has 1 aromatic heterocycles. The molecule has 1 aromatic carbocycles. The van der Waals surface area contributed by atoms with Gasteiger partial charge in [0.15, 0.2) is 0 Å². The molecule has 0 spiro atoms. The van der Waals surface area contributed by atoms with Crippen molar-refractivity contribution in [2.75, 3.05) is 6.61 Å². The van der Waals surface area contributed by atoms with Crippen molar-refractivity contribution in [2.45, 2.75) is 26.9 Å². The van der Waals surface area contributed by atoms with Gasteiger partial charge in [-0.05, 0) is 45.0 Å². The fourth-order valence-corrected chi connectivity index (χ4v) is 2.13. The zero-order chi connectivity index (χ0) is 19.1. The number of carbonyl (C=O) groups is 2. The van der Waals surface area contributed by atoms with Crippen LogP contribution >= 0.6 is 0 Å². The molecule has 6 heteroatoms. The Balaban J connectivity index is 2.18. The van der Waals surface area contributed by atoms with Crippen LogP contribution in [0.4, 0.5) is 0 Å². The first kappa shape index (κ1) is 19.0. The Labute approximate surface area is 151 Å². The zero-order valence-corrected chi connectivity index (χ0v) is 14.8. The highest BCUT2D eigenvalue weighted by Gasteiger charge is 2.13. The largest absolute Gasteiger partial charge is 0.462 e. The van der Waals surface area contributed by atoms with Crippen molar-refractivity contribution in [1.82, 2.24) is 0 Å². The Morgan fingerprint density at radius 2 is 1.88 bits per heavy atom. The minimum Gasteiger partial charge on any atom is -0.462 e. The van der Waals surface area contributed by atoms with Crippen LogP contribution in [0.5, 0.6) is 0 Å². The summed E-state index contributed by atoms with van der Waals surface area (Å²) in [6, 6.07) is 11.9. The van der Waals surface area contributed by atoms with Crippen molar-refractivity contribution < 1.29 is 23.5 Å². The zero-order valence-electron chi connectivity index (χ0n) is 14.8. The van der Waals surface area contributed by atoms with Gasteiger partial charge in [0.1, 0.15) is 23.2 Å². The monoisotopic (exact) mass is 353 g/mol. The molecule has 0 aliphatic rings. The Hall–Kier alpha value is -3.33. The molecule has 0 unspecified atom stereocenters. The molecule has 0 saturated heterocycles. The number of esters is 2. The second-order valence-electron chi connectivity index (χ2n) is 5.62. The average Bonchev–Trinajstić information content (AvgIpc) is 3.08. The molecule has 26 heavy (non-hydrogen) atoms. The molecule has 2 rings (SSSR count). The second-order valence-corrected chi connectivity index (χ2v) is 5.62. The first-order valence-corrected chi connectivity index (χ1v) is 8.14. The van der Waals surface area contributed by atoms with E-state index >= 15 is 0 Å². The highest BCUT2D eigenvalue weighted by atomic mass is 16.5. The molecule has 0 aliphatic heterocycles. The van der Waals surface area contributed by atoms with E-state index in [2.05, 4.69) is 0 Å². The van der Waals surface area contributed by atoms with Crippen molar-refractivity contribution in [3.8, 4) is 17.4 Å². The third-order valence-electron chi connectivity index (χ3n) is 3.28. The van der Waals surface area contributed by atoms with Gasteiger partial charge in [0, 0.05) is 11.6 Å². The Bertz CT molecular complexity index is 853. The maximum atomic E-state index is 11.9. The van der Waals surface area contributed by atoms with Crippen molar-refractivity contribution in [1.29, 1.82) is 5.26 Å². The number of benzene rings is 1. The standard InChI is InChI=1S/C20H19NO5/c1-4-24-19(22)16(12-21)11-17-9-10-18(26-17)14-5-7-15(8-6-14)20(23)25-13(2)3/h5-11,13H,4H2,1-3H3/b16-11+. The smallest absolute Gasteiger partial charge is 0.349 e. The first-order chi connectivity index (χ1) is 12.4. The molecule has 0 bridgehead atoms. The maximum Gasteiger partial charge on any atom is 0.349 e. The summed E-state index contributed by atoms with van der Waals surface area (Å²) < 4.78 is 15.6. The lowest BCUT2D eigenvalue weighted by Crippen LogP contribution is -2.11. The second kappa shape index (κ2) is 8.67. The SMILES string of the molecule is CCOC(=O)/C(C#N)=C/c1ccc(-c2ccc(C(=O)OC(C)C)cc2)o1. The molecule has 134 valence electrons. The molecule has 0 fully saturated rings. The number of furan rings is 1. The molecule has 1 heterocycles. The van der Waals surface area contributed by atoms with Gasteiger partial charge in [-0.25, -0.2) is 9.59 Å². The number of hydrogen-bond acceptors (Lipinski definition) is 6. The highest BCUT2D eigenvalue weighted by molar-refractivity contribution is 5.97. The van der Waals surface area contributed by atoms with E-state index in [1.807, 2.05) is 0 Å². The quantitative estimate of drug-likeness (QED) is 0.443. The summed E-state index contributed by atoms with van der Waals surface area (Å²) in [4.78, 5) is 23.5. The van der Waals surface area contributed by atoms with Gasteiger partial charge in [-0.3, -0.25) is 0 Å². The molecule has 6 nitrogen and oxygen atoms in total. The van der Waals surface area contributed by atoms with Gasteiger partial charge in [-0.1, -0.05) is 12.1 Å². The Morgan fingerprint density at radius 3 is 2.46 bits per heavy atom. The van der Waals surface area contributed by atoms with Crippen LogP contribution in [0.3, 0.4) is 0 Å². The van der Waals surface area contributed by atoms with E-state index in [1.165, 1.54) is 6.08 Å². The molecule has 0 saturated carbocycles. The lowest BCUT2D eigenvalue weighted by Gasteiger charge is -2.07. The predicted molar refractivity (Wildman–Crippen MR) is 94.9 cm³/mol. The summed E-state index contributed by atoms with van der Waals surface area (Å²) in [5, 5.41) is 9.05. The van der Waals surface area contributed by atoms with E-state index in [4.69, 9.17) is 19.2 Å². The van der Waals surface area contributed by atoms with E-state index < -0.39 is 5.97 Å². The molecule has 0 atom stereocenters. The van der Waals surface area contributed by atoms with Gasteiger partial charge in [0.2, 0.25) is 0 Å². The third kappa shape index (κ3) is 4.84. The number of ether oxygens (including phenoxy) is 2. The molecule has 0 aliphatic carbocycles. The third-order valence-corrected chi connectivity index (χ3v) is 3.28. The van der Waals surface area contributed by atoms with Crippen molar-refractivity contribution in [3.63, 3.8) is 0 Å². The van der Waals surface area contributed by atoms with Crippen LogP contribution in [0.25, 0.3) is 17.4 Å². The lowest BCUT2D eigenvalue weighted by molar-refractivity contribution is -0.137. The van der Waals surface area contributed by atoms with E-state index in [-0.39, 0.29) is 24.3 Å². The summed E-state index contributed by atoms with van der Waals surface area (Å²) in [7, 11) is 0. The molecular formula is C20H19NO5. The highest BCUT2D eigenvalue weighted by Crippen LogP contribution is 2.24. The van der Waals surface area contributed by atoms with Crippen LogP contribution in [0.15, 0.2) is 46.4 Å².